The first-order valence-electron chi connectivity index (χ1n) is 8.04. The maximum Gasteiger partial charge on any atom is 0.279 e. The molecule has 4 aromatic rings. The van der Waals surface area contributed by atoms with Gasteiger partial charge in [0.15, 0.2) is 0 Å². The molecule has 1 heterocycles. The Bertz CT molecular complexity index is 1100. The van der Waals surface area contributed by atoms with E-state index in [1.807, 2.05) is 78.9 Å². The van der Waals surface area contributed by atoms with Crippen molar-refractivity contribution in [3.63, 3.8) is 0 Å². The van der Waals surface area contributed by atoms with Crippen LogP contribution in [-0.4, -0.2) is 9.78 Å². The van der Waals surface area contributed by atoms with E-state index in [-0.39, 0.29) is 5.56 Å². The lowest BCUT2D eigenvalue weighted by molar-refractivity contribution is 0.787. The smallest absolute Gasteiger partial charge is 0.267 e. The van der Waals surface area contributed by atoms with Crippen LogP contribution in [0.5, 0.6) is 0 Å². The van der Waals surface area contributed by atoms with Crippen molar-refractivity contribution in [2.75, 3.05) is 0 Å². The van der Waals surface area contributed by atoms with E-state index in [1.165, 1.54) is 4.68 Å². The Labute approximate surface area is 150 Å². The van der Waals surface area contributed by atoms with Gasteiger partial charge in [0.2, 0.25) is 0 Å². The Morgan fingerprint density at radius 2 is 1.44 bits per heavy atom. The van der Waals surface area contributed by atoms with Gasteiger partial charge in [-0.3, -0.25) is 4.79 Å². The number of rotatable bonds is 3. The molecular formula is C21H15ClN2O. The Morgan fingerprint density at radius 3 is 2.20 bits per heavy atom. The molecule has 3 aromatic carbocycles. The Morgan fingerprint density at radius 1 is 0.800 bits per heavy atom. The number of nitrogens with zero attached hydrogens (tertiary/aromatic N) is 2. The lowest BCUT2D eigenvalue weighted by Crippen LogP contribution is -2.23. The summed E-state index contributed by atoms with van der Waals surface area (Å²) in [7, 11) is 0. The average Bonchev–Trinajstić information content (AvgIpc) is 2.66. The predicted molar refractivity (Wildman–Crippen MR) is 102 cm³/mol. The van der Waals surface area contributed by atoms with Crippen LogP contribution >= 0.6 is 11.6 Å². The molecule has 0 atom stereocenters. The molecule has 4 rings (SSSR count). The normalized spacial score (nSPS) is 10.9. The van der Waals surface area contributed by atoms with Crippen LogP contribution in [0.1, 0.15) is 11.3 Å². The summed E-state index contributed by atoms with van der Waals surface area (Å²) in [6.07, 6.45) is 0.563. The fraction of sp³-hybridized carbons (Fsp3) is 0.0476. The first-order valence-corrected chi connectivity index (χ1v) is 8.41. The van der Waals surface area contributed by atoms with Crippen LogP contribution in [0.2, 0.25) is 5.02 Å². The Hall–Kier alpha value is -2.91. The molecule has 0 amide bonds. The third-order valence-electron chi connectivity index (χ3n) is 4.20. The summed E-state index contributed by atoms with van der Waals surface area (Å²) in [6, 6.07) is 24.7. The highest BCUT2D eigenvalue weighted by Crippen LogP contribution is 2.22. The van der Waals surface area contributed by atoms with Crippen LogP contribution in [0.25, 0.3) is 16.5 Å². The molecule has 0 saturated carbocycles. The lowest BCUT2D eigenvalue weighted by atomic mass is 10.0. The number of hydrogen-bond donors (Lipinski definition) is 0. The fourth-order valence-electron chi connectivity index (χ4n) is 2.95. The molecule has 0 saturated heterocycles. The summed E-state index contributed by atoms with van der Waals surface area (Å²) in [5.41, 5.74) is 2.44. The summed E-state index contributed by atoms with van der Waals surface area (Å²) in [5.74, 6) is 0. The quantitative estimate of drug-likeness (QED) is 0.542. The van der Waals surface area contributed by atoms with Gasteiger partial charge in [-0.15, -0.1) is 0 Å². The topological polar surface area (TPSA) is 34.9 Å². The molecule has 122 valence electrons. The summed E-state index contributed by atoms with van der Waals surface area (Å²) in [4.78, 5) is 12.9. The number of benzene rings is 3. The zero-order valence-corrected chi connectivity index (χ0v) is 14.1. The molecule has 0 aliphatic carbocycles. The van der Waals surface area contributed by atoms with Crippen molar-refractivity contribution < 1.29 is 0 Å². The molecule has 0 aliphatic rings. The molecule has 3 nitrogen and oxygen atoms in total. The monoisotopic (exact) mass is 346 g/mol. The van der Waals surface area contributed by atoms with Crippen molar-refractivity contribution >= 4 is 22.4 Å². The number of halogens is 1. The molecule has 0 aliphatic heterocycles. The third kappa shape index (κ3) is 2.94. The van der Waals surface area contributed by atoms with Crippen molar-refractivity contribution in [3.05, 3.63) is 105 Å². The van der Waals surface area contributed by atoms with Crippen LogP contribution in [0.4, 0.5) is 0 Å². The van der Waals surface area contributed by atoms with Gasteiger partial charge >= 0.3 is 0 Å². The Kier molecular flexibility index (Phi) is 4.08. The van der Waals surface area contributed by atoms with E-state index in [2.05, 4.69) is 5.10 Å². The second-order valence-electron chi connectivity index (χ2n) is 5.81. The van der Waals surface area contributed by atoms with E-state index in [4.69, 9.17) is 11.6 Å². The molecule has 0 bridgehead atoms. The van der Waals surface area contributed by atoms with Gasteiger partial charge in [0.05, 0.1) is 16.8 Å². The van der Waals surface area contributed by atoms with Crippen molar-refractivity contribution in [2.45, 2.75) is 6.42 Å². The highest BCUT2D eigenvalue weighted by molar-refractivity contribution is 6.31. The predicted octanol–water partition coefficient (Wildman–Crippen LogP) is 4.63. The number of hydrogen-bond acceptors (Lipinski definition) is 2. The molecule has 0 unspecified atom stereocenters. The third-order valence-corrected chi connectivity index (χ3v) is 4.57. The molecule has 4 heteroatoms. The van der Waals surface area contributed by atoms with Gasteiger partial charge in [-0.05, 0) is 29.8 Å². The molecule has 1 aromatic heterocycles. The second-order valence-corrected chi connectivity index (χ2v) is 6.22. The van der Waals surface area contributed by atoms with Crippen molar-refractivity contribution in [2.24, 2.45) is 0 Å². The van der Waals surface area contributed by atoms with Crippen LogP contribution < -0.4 is 5.56 Å². The van der Waals surface area contributed by atoms with Gasteiger partial charge in [-0.2, -0.15) is 9.78 Å². The highest BCUT2D eigenvalue weighted by atomic mass is 35.5. The van der Waals surface area contributed by atoms with Gasteiger partial charge in [0.25, 0.3) is 5.56 Å². The summed E-state index contributed by atoms with van der Waals surface area (Å²) < 4.78 is 1.47. The van der Waals surface area contributed by atoms with Gasteiger partial charge in [-0.1, -0.05) is 66.2 Å². The maximum atomic E-state index is 12.9. The molecule has 0 N–H and O–H groups in total. The average molecular weight is 347 g/mol. The molecule has 25 heavy (non-hydrogen) atoms. The highest BCUT2D eigenvalue weighted by Gasteiger charge is 2.13. The SMILES string of the molecule is O=c1c2ccccc2c(Cc2ccccc2Cl)nn1-c1ccccc1. The van der Waals surface area contributed by atoms with Gasteiger partial charge in [-0.25, -0.2) is 0 Å². The molecule has 0 fully saturated rings. The first kappa shape index (κ1) is 15.6. The number of aromatic nitrogens is 2. The molecular weight excluding hydrogens is 332 g/mol. The van der Waals surface area contributed by atoms with Gasteiger partial charge in [0, 0.05) is 16.8 Å². The van der Waals surface area contributed by atoms with Gasteiger partial charge in [0.1, 0.15) is 0 Å². The second kappa shape index (κ2) is 6.54. The molecule has 0 spiro atoms. The minimum Gasteiger partial charge on any atom is -0.267 e. The summed E-state index contributed by atoms with van der Waals surface area (Å²) in [6.45, 7) is 0. The Balaban J connectivity index is 1.96. The van der Waals surface area contributed by atoms with Gasteiger partial charge < -0.3 is 0 Å². The van der Waals surface area contributed by atoms with Crippen molar-refractivity contribution in [1.29, 1.82) is 0 Å². The van der Waals surface area contributed by atoms with E-state index in [0.717, 1.165) is 22.3 Å². The van der Waals surface area contributed by atoms with Crippen LogP contribution in [0, 0.1) is 0 Å². The first-order chi connectivity index (χ1) is 12.2. The van der Waals surface area contributed by atoms with Crippen LogP contribution in [0.15, 0.2) is 83.7 Å². The number of para-hydroxylation sites is 1. The zero-order valence-electron chi connectivity index (χ0n) is 13.4. The maximum absolute atomic E-state index is 12.9. The van der Waals surface area contributed by atoms with E-state index < -0.39 is 0 Å². The summed E-state index contributed by atoms with van der Waals surface area (Å²) >= 11 is 6.32. The van der Waals surface area contributed by atoms with Crippen molar-refractivity contribution in [1.82, 2.24) is 9.78 Å². The fourth-order valence-corrected chi connectivity index (χ4v) is 3.15. The van der Waals surface area contributed by atoms with E-state index in [1.54, 1.807) is 0 Å². The van der Waals surface area contributed by atoms with Crippen LogP contribution in [-0.2, 0) is 6.42 Å². The largest absolute Gasteiger partial charge is 0.279 e. The van der Waals surface area contributed by atoms with Crippen LogP contribution in [0.3, 0.4) is 0 Å². The van der Waals surface area contributed by atoms with E-state index in [9.17, 15) is 4.79 Å². The minimum atomic E-state index is -0.121. The van der Waals surface area contributed by atoms with E-state index >= 15 is 0 Å². The zero-order chi connectivity index (χ0) is 17.2. The number of fused-ring (bicyclic) bond motifs is 1. The minimum absolute atomic E-state index is 0.121. The molecule has 0 radical (unpaired) electrons. The standard InChI is InChI=1S/C21H15ClN2O/c22-19-13-7-4-8-15(19)14-20-17-11-5-6-12-18(17)21(25)24(23-20)16-9-2-1-3-10-16/h1-13H,14H2. The van der Waals surface area contributed by atoms with E-state index in [0.29, 0.717) is 16.8 Å². The summed E-state index contributed by atoms with van der Waals surface area (Å²) in [5, 5.41) is 6.87. The lowest BCUT2D eigenvalue weighted by Gasteiger charge is -2.12. The van der Waals surface area contributed by atoms with Crippen molar-refractivity contribution in [3.8, 4) is 5.69 Å².